The zero-order valence-electron chi connectivity index (χ0n) is 10.6. The molecule has 1 aromatic heterocycles. The third kappa shape index (κ3) is 2.33. The molecule has 5 heteroatoms. The van der Waals surface area contributed by atoms with Gasteiger partial charge in [0.05, 0.1) is 11.7 Å². The van der Waals surface area contributed by atoms with Gasteiger partial charge in [-0.05, 0) is 38.3 Å². The van der Waals surface area contributed by atoms with Gasteiger partial charge in [0, 0.05) is 25.5 Å². The summed E-state index contributed by atoms with van der Waals surface area (Å²) < 4.78 is 5.45. The maximum absolute atomic E-state index is 5.69. The molecular formula is C13H20N4O. The van der Waals surface area contributed by atoms with Gasteiger partial charge < -0.3 is 10.5 Å². The Kier molecular flexibility index (Phi) is 3.43. The second-order valence-corrected chi connectivity index (χ2v) is 5.08. The lowest BCUT2D eigenvalue weighted by Crippen LogP contribution is -2.39. The Labute approximate surface area is 107 Å². The molecule has 0 aromatic carbocycles. The summed E-state index contributed by atoms with van der Waals surface area (Å²) in [4.78, 5) is 11.0. The first-order valence-electron chi connectivity index (χ1n) is 6.76. The van der Waals surface area contributed by atoms with Crippen LogP contribution >= 0.6 is 0 Å². The molecule has 0 saturated carbocycles. The summed E-state index contributed by atoms with van der Waals surface area (Å²) in [5.41, 5.74) is 6.76. The van der Waals surface area contributed by atoms with E-state index in [2.05, 4.69) is 14.9 Å². The maximum Gasteiger partial charge on any atom is 0.220 e. The van der Waals surface area contributed by atoms with E-state index in [1.165, 1.54) is 19.4 Å². The van der Waals surface area contributed by atoms with E-state index in [0.717, 1.165) is 31.7 Å². The number of ether oxygens (including phenoxy) is 1. The maximum atomic E-state index is 5.69. The van der Waals surface area contributed by atoms with Crippen molar-refractivity contribution in [1.82, 2.24) is 14.9 Å². The van der Waals surface area contributed by atoms with Gasteiger partial charge in [-0.3, -0.25) is 4.90 Å². The van der Waals surface area contributed by atoms with Gasteiger partial charge in [-0.25, -0.2) is 9.97 Å². The fourth-order valence-electron chi connectivity index (χ4n) is 3.13. The Bertz CT molecular complexity index is 406. The highest BCUT2D eigenvalue weighted by molar-refractivity contribution is 5.20. The number of hydrogen-bond donors (Lipinski definition) is 1. The number of nitrogens with two attached hydrogens (primary N) is 1. The molecule has 0 radical (unpaired) electrons. The largest absolute Gasteiger partial charge is 0.381 e. The highest BCUT2D eigenvalue weighted by Crippen LogP contribution is 2.34. The van der Waals surface area contributed by atoms with Crippen molar-refractivity contribution in [3.8, 4) is 0 Å². The van der Waals surface area contributed by atoms with Gasteiger partial charge in [-0.15, -0.1) is 0 Å². The van der Waals surface area contributed by atoms with Gasteiger partial charge in [0.25, 0.3) is 0 Å². The van der Waals surface area contributed by atoms with E-state index in [9.17, 15) is 0 Å². The second kappa shape index (κ2) is 5.20. The van der Waals surface area contributed by atoms with Crippen molar-refractivity contribution in [1.29, 1.82) is 0 Å². The minimum absolute atomic E-state index is 0.381. The summed E-state index contributed by atoms with van der Waals surface area (Å²) in [6.07, 6.45) is 6.45. The summed E-state index contributed by atoms with van der Waals surface area (Å²) in [7, 11) is 0. The van der Waals surface area contributed by atoms with Crippen LogP contribution in [-0.2, 0) is 4.74 Å². The third-order valence-corrected chi connectivity index (χ3v) is 3.99. The normalized spacial score (nSPS) is 26.6. The van der Waals surface area contributed by atoms with Gasteiger partial charge in [0.15, 0.2) is 0 Å². The monoisotopic (exact) mass is 248 g/mol. The van der Waals surface area contributed by atoms with Crippen LogP contribution in [0.1, 0.15) is 37.4 Å². The summed E-state index contributed by atoms with van der Waals surface area (Å²) >= 11 is 0. The van der Waals surface area contributed by atoms with Crippen LogP contribution in [0, 0.1) is 0 Å². The van der Waals surface area contributed by atoms with Crippen molar-refractivity contribution >= 4 is 5.95 Å². The van der Waals surface area contributed by atoms with Crippen molar-refractivity contribution < 1.29 is 4.74 Å². The Morgan fingerprint density at radius 1 is 1.28 bits per heavy atom. The highest BCUT2D eigenvalue weighted by atomic mass is 16.5. The molecule has 2 aliphatic rings. The fourth-order valence-corrected chi connectivity index (χ4v) is 3.13. The predicted octanol–water partition coefficient (Wildman–Crippen LogP) is 1.37. The van der Waals surface area contributed by atoms with Crippen molar-refractivity contribution in [3.05, 3.63) is 18.0 Å². The Morgan fingerprint density at radius 2 is 2.11 bits per heavy atom. The molecule has 1 aromatic rings. The Balaban J connectivity index is 1.78. The predicted molar refractivity (Wildman–Crippen MR) is 69.0 cm³/mol. The molecule has 18 heavy (non-hydrogen) atoms. The Hall–Kier alpha value is -1.20. The summed E-state index contributed by atoms with van der Waals surface area (Å²) in [6.45, 7) is 2.94. The lowest BCUT2D eigenvalue weighted by Gasteiger charge is -2.35. The number of anilines is 1. The number of nitrogens with zero attached hydrogens (tertiary/aromatic N) is 3. The summed E-state index contributed by atoms with van der Waals surface area (Å²) in [5, 5.41) is 0. The van der Waals surface area contributed by atoms with Gasteiger partial charge >= 0.3 is 0 Å². The van der Waals surface area contributed by atoms with Crippen LogP contribution in [0.5, 0.6) is 0 Å². The molecule has 5 nitrogen and oxygen atoms in total. The SMILES string of the molecule is Nc1nccc(C2CCCN2C2CCOCC2)n1. The van der Waals surface area contributed by atoms with Crippen LogP contribution in [0.3, 0.4) is 0 Å². The average Bonchev–Trinajstić information content (AvgIpc) is 2.89. The van der Waals surface area contributed by atoms with Gasteiger partial charge in [0.1, 0.15) is 0 Å². The van der Waals surface area contributed by atoms with E-state index < -0.39 is 0 Å². The van der Waals surface area contributed by atoms with Crippen molar-refractivity contribution in [3.63, 3.8) is 0 Å². The van der Waals surface area contributed by atoms with E-state index in [4.69, 9.17) is 10.5 Å². The van der Waals surface area contributed by atoms with Crippen LogP contribution in [0.4, 0.5) is 5.95 Å². The first-order chi connectivity index (χ1) is 8.84. The van der Waals surface area contributed by atoms with E-state index in [1.54, 1.807) is 6.20 Å². The number of nitrogen functional groups attached to an aromatic ring is 1. The first-order valence-corrected chi connectivity index (χ1v) is 6.76. The molecular weight excluding hydrogens is 228 g/mol. The van der Waals surface area contributed by atoms with Gasteiger partial charge in [-0.1, -0.05) is 0 Å². The number of likely N-dealkylation sites (tertiary alicyclic amines) is 1. The zero-order chi connectivity index (χ0) is 12.4. The molecule has 1 unspecified atom stereocenters. The molecule has 2 N–H and O–H groups in total. The summed E-state index contributed by atoms with van der Waals surface area (Å²) in [5.74, 6) is 0.381. The lowest BCUT2D eigenvalue weighted by molar-refractivity contribution is 0.0285. The number of hydrogen-bond acceptors (Lipinski definition) is 5. The minimum Gasteiger partial charge on any atom is -0.381 e. The first kappa shape index (κ1) is 11.9. The van der Waals surface area contributed by atoms with Crippen molar-refractivity contribution in [2.45, 2.75) is 37.8 Å². The molecule has 3 rings (SSSR count). The van der Waals surface area contributed by atoms with Crippen LogP contribution in [0.15, 0.2) is 12.3 Å². The van der Waals surface area contributed by atoms with Crippen molar-refractivity contribution in [2.24, 2.45) is 0 Å². The van der Waals surface area contributed by atoms with Crippen LogP contribution in [0.2, 0.25) is 0 Å². The molecule has 2 fully saturated rings. The molecule has 2 aliphatic heterocycles. The quantitative estimate of drug-likeness (QED) is 0.856. The van der Waals surface area contributed by atoms with E-state index in [-0.39, 0.29) is 0 Å². The van der Waals surface area contributed by atoms with Gasteiger partial charge in [0.2, 0.25) is 5.95 Å². The average molecular weight is 248 g/mol. The fraction of sp³-hybridized carbons (Fsp3) is 0.692. The molecule has 0 spiro atoms. The van der Waals surface area contributed by atoms with E-state index in [1.807, 2.05) is 6.07 Å². The molecule has 1 atom stereocenters. The van der Waals surface area contributed by atoms with Crippen LogP contribution in [-0.4, -0.2) is 40.7 Å². The second-order valence-electron chi connectivity index (χ2n) is 5.08. The van der Waals surface area contributed by atoms with Crippen LogP contribution < -0.4 is 5.73 Å². The number of aromatic nitrogens is 2. The standard InChI is InChI=1S/C13H20N4O/c14-13-15-6-3-11(16-13)12-2-1-7-17(12)10-4-8-18-9-5-10/h3,6,10,12H,1-2,4-5,7-9H2,(H2,14,15,16). The summed E-state index contributed by atoms with van der Waals surface area (Å²) in [6, 6.07) is 3.06. The van der Waals surface area contributed by atoms with Gasteiger partial charge in [-0.2, -0.15) is 0 Å². The smallest absolute Gasteiger partial charge is 0.220 e. The number of rotatable bonds is 2. The Morgan fingerprint density at radius 3 is 2.89 bits per heavy atom. The lowest BCUT2D eigenvalue weighted by atomic mass is 10.0. The molecule has 2 saturated heterocycles. The zero-order valence-corrected chi connectivity index (χ0v) is 10.6. The minimum atomic E-state index is 0.381. The third-order valence-electron chi connectivity index (χ3n) is 3.99. The highest BCUT2D eigenvalue weighted by Gasteiger charge is 2.33. The van der Waals surface area contributed by atoms with Crippen molar-refractivity contribution in [2.75, 3.05) is 25.5 Å². The molecule has 0 amide bonds. The molecule has 0 aliphatic carbocycles. The molecule has 0 bridgehead atoms. The topological polar surface area (TPSA) is 64.3 Å². The molecule has 98 valence electrons. The molecule has 3 heterocycles. The van der Waals surface area contributed by atoms with E-state index in [0.29, 0.717) is 18.0 Å². The van der Waals surface area contributed by atoms with E-state index >= 15 is 0 Å². The van der Waals surface area contributed by atoms with Crippen LogP contribution in [0.25, 0.3) is 0 Å².